The number of carbonyl (C=O) groups is 1. The lowest BCUT2D eigenvalue weighted by atomic mass is 9.98. The van der Waals surface area contributed by atoms with Gasteiger partial charge in [0.2, 0.25) is 0 Å². The van der Waals surface area contributed by atoms with Gasteiger partial charge in [0, 0.05) is 25.0 Å². The molecule has 0 saturated heterocycles. The maximum absolute atomic E-state index is 13.4. The molecule has 234 valence electrons. The fourth-order valence-corrected chi connectivity index (χ4v) is 6.49. The van der Waals surface area contributed by atoms with Gasteiger partial charge in [-0.15, -0.1) is 0 Å². The van der Waals surface area contributed by atoms with Crippen LogP contribution < -0.4 is 4.31 Å². The number of aromatic nitrogens is 2. The van der Waals surface area contributed by atoms with Crippen LogP contribution in [0.1, 0.15) is 62.3 Å². The maximum atomic E-state index is 13.4. The summed E-state index contributed by atoms with van der Waals surface area (Å²) in [6.45, 7) is 8.28. The van der Waals surface area contributed by atoms with Crippen molar-refractivity contribution in [1.29, 1.82) is 0 Å². The predicted octanol–water partition coefficient (Wildman–Crippen LogP) is 8.53. The highest BCUT2D eigenvalue weighted by atomic mass is 35.5. The number of imidazole rings is 1. The van der Waals surface area contributed by atoms with E-state index in [0.717, 1.165) is 52.8 Å². The Balaban J connectivity index is 1.48. The predicted molar refractivity (Wildman–Crippen MR) is 182 cm³/mol. The molecule has 0 saturated carbocycles. The number of esters is 1. The number of unbranched alkanes of at least 4 members (excludes halogenated alkanes) is 1. The van der Waals surface area contributed by atoms with Gasteiger partial charge in [-0.25, -0.2) is 18.2 Å². The quantitative estimate of drug-likeness (QED) is 0.143. The zero-order valence-electron chi connectivity index (χ0n) is 26.2. The third-order valence-corrected chi connectivity index (χ3v) is 9.60. The van der Waals surface area contributed by atoms with Crippen LogP contribution in [0.2, 0.25) is 5.02 Å². The van der Waals surface area contributed by atoms with Crippen molar-refractivity contribution in [3.8, 4) is 11.1 Å². The molecule has 0 atom stereocenters. The van der Waals surface area contributed by atoms with Crippen LogP contribution in [0.15, 0.2) is 95.9 Å². The van der Waals surface area contributed by atoms with Gasteiger partial charge in [0.15, 0.2) is 0 Å². The number of halogens is 1. The summed E-state index contributed by atoms with van der Waals surface area (Å²) < 4.78 is 35.9. The number of anilines is 1. The van der Waals surface area contributed by atoms with E-state index in [1.165, 1.54) is 16.4 Å². The molecule has 0 unspecified atom stereocenters. The summed E-state index contributed by atoms with van der Waals surface area (Å²) in [5, 5.41) is 0.474. The molecule has 0 aliphatic rings. The first-order valence-electron chi connectivity index (χ1n) is 15.0. The molecule has 45 heavy (non-hydrogen) atoms. The van der Waals surface area contributed by atoms with Gasteiger partial charge in [-0.2, -0.15) is 0 Å². The molecule has 0 fully saturated rings. The molecular formula is C36H38ClN3O4S. The van der Waals surface area contributed by atoms with Crippen molar-refractivity contribution in [1.82, 2.24) is 9.55 Å². The first-order valence-corrected chi connectivity index (χ1v) is 16.8. The average Bonchev–Trinajstić information content (AvgIpc) is 3.35. The molecule has 0 spiro atoms. The number of aryl methyl sites for hydroxylation is 1. The van der Waals surface area contributed by atoms with E-state index in [9.17, 15) is 13.2 Å². The molecule has 9 heteroatoms. The lowest BCUT2D eigenvalue weighted by Crippen LogP contribution is -2.26. The summed E-state index contributed by atoms with van der Waals surface area (Å²) in [6.07, 6.45) is 2.82. The van der Waals surface area contributed by atoms with Gasteiger partial charge < -0.3 is 9.30 Å². The zero-order chi connectivity index (χ0) is 32.4. The number of benzene rings is 4. The molecule has 0 bridgehead atoms. The minimum Gasteiger partial charge on any atom is -0.456 e. The van der Waals surface area contributed by atoms with E-state index in [1.807, 2.05) is 63.2 Å². The van der Waals surface area contributed by atoms with E-state index in [-0.39, 0.29) is 10.9 Å². The topological polar surface area (TPSA) is 81.5 Å². The Kier molecular flexibility index (Phi) is 9.37. The van der Waals surface area contributed by atoms with Crippen LogP contribution in [0.25, 0.3) is 22.2 Å². The van der Waals surface area contributed by atoms with Crippen LogP contribution in [-0.4, -0.2) is 36.6 Å². The van der Waals surface area contributed by atoms with Crippen LogP contribution >= 0.6 is 11.6 Å². The highest BCUT2D eigenvalue weighted by Gasteiger charge is 2.23. The van der Waals surface area contributed by atoms with Crippen molar-refractivity contribution in [2.45, 2.75) is 64.0 Å². The van der Waals surface area contributed by atoms with Gasteiger partial charge in [0.05, 0.1) is 27.2 Å². The molecule has 0 radical (unpaired) electrons. The summed E-state index contributed by atoms with van der Waals surface area (Å²) >= 11 is 5.99. The fraction of sp³-hybridized carbons (Fsp3) is 0.278. The van der Waals surface area contributed by atoms with Crippen LogP contribution in [0.5, 0.6) is 0 Å². The van der Waals surface area contributed by atoms with Crippen molar-refractivity contribution in [3.05, 3.63) is 113 Å². The summed E-state index contributed by atoms with van der Waals surface area (Å²) in [6, 6.07) is 27.3. The molecule has 0 aliphatic carbocycles. The maximum Gasteiger partial charge on any atom is 0.339 e. The second-order valence-electron chi connectivity index (χ2n) is 12.1. The Hall–Kier alpha value is -4.14. The highest BCUT2D eigenvalue weighted by molar-refractivity contribution is 7.92. The van der Waals surface area contributed by atoms with Gasteiger partial charge >= 0.3 is 5.97 Å². The summed E-state index contributed by atoms with van der Waals surface area (Å²) in [5.74, 6) is 0.595. The molecular weight excluding hydrogens is 606 g/mol. The monoisotopic (exact) mass is 643 g/mol. The Morgan fingerprint density at radius 2 is 1.64 bits per heavy atom. The van der Waals surface area contributed by atoms with E-state index >= 15 is 0 Å². The van der Waals surface area contributed by atoms with E-state index < -0.39 is 15.6 Å². The highest BCUT2D eigenvalue weighted by Crippen LogP contribution is 2.30. The summed E-state index contributed by atoms with van der Waals surface area (Å²) in [5.41, 5.74) is 4.91. The molecule has 0 aliphatic heterocycles. The van der Waals surface area contributed by atoms with E-state index in [0.29, 0.717) is 22.8 Å². The van der Waals surface area contributed by atoms with Crippen molar-refractivity contribution in [3.63, 3.8) is 0 Å². The number of sulfonamides is 1. The lowest BCUT2D eigenvalue weighted by molar-refractivity contribution is 0.00704. The largest absolute Gasteiger partial charge is 0.456 e. The van der Waals surface area contributed by atoms with Gasteiger partial charge in [-0.3, -0.25) is 4.31 Å². The van der Waals surface area contributed by atoms with Gasteiger partial charge in [0.1, 0.15) is 11.4 Å². The average molecular weight is 644 g/mol. The fourth-order valence-electron chi connectivity index (χ4n) is 5.18. The summed E-state index contributed by atoms with van der Waals surface area (Å²) in [4.78, 5) is 18.0. The molecule has 0 N–H and O–H groups in total. The molecule has 1 heterocycles. The standard InChI is InChI=1S/C36H38ClN3O4S/c1-6-7-12-34-38-32-22-19-28(39(5)45(42,43)29-20-17-27(37)18-21-29)23-33(32)40(34)24-25-13-15-26(16-14-25)30-10-8-9-11-31(30)35(41)44-36(2,3)4/h8-11,13-23H,6-7,12,24H2,1-5H3. The van der Waals surface area contributed by atoms with Crippen molar-refractivity contribution in [2.24, 2.45) is 0 Å². The lowest BCUT2D eigenvalue weighted by Gasteiger charge is -2.20. The van der Waals surface area contributed by atoms with E-state index in [4.69, 9.17) is 21.3 Å². The van der Waals surface area contributed by atoms with Crippen LogP contribution in [0.3, 0.4) is 0 Å². The normalized spacial score (nSPS) is 12.0. The smallest absolute Gasteiger partial charge is 0.339 e. The molecule has 7 nitrogen and oxygen atoms in total. The third kappa shape index (κ3) is 7.24. The Bertz CT molecular complexity index is 1930. The number of hydrogen-bond donors (Lipinski definition) is 0. The van der Waals surface area contributed by atoms with Crippen molar-refractivity contribution < 1.29 is 17.9 Å². The number of fused-ring (bicyclic) bond motifs is 1. The molecule has 5 rings (SSSR count). The van der Waals surface area contributed by atoms with Gasteiger partial charge in [-0.05, 0) is 92.4 Å². The summed E-state index contributed by atoms with van der Waals surface area (Å²) in [7, 11) is -2.24. The number of hydrogen-bond acceptors (Lipinski definition) is 5. The van der Waals surface area contributed by atoms with E-state index in [2.05, 4.69) is 23.6 Å². The minimum absolute atomic E-state index is 0.167. The molecule has 4 aromatic carbocycles. The number of nitrogens with zero attached hydrogens (tertiary/aromatic N) is 3. The van der Waals surface area contributed by atoms with Crippen LogP contribution in [-0.2, 0) is 27.7 Å². The van der Waals surface area contributed by atoms with Gasteiger partial charge in [0.25, 0.3) is 10.0 Å². The number of rotatable bonds is 10. The van der Waals surface area contributed by atoms with Crippen LogP contribution in [0.4, 0.5) is 5.69 Å². The minimum atomic E-state index is -3.80. The first kappa shape index (κ1) is 32.3. The first-order chi connectivity index (χ1) is 21.4. The number of ether oxygens (including phenoxy) is 1. The third-order valence-electron chi connectivity index (χ3n) is 7.55. The second kappa shape index (κ2) is 13.1. The molecule has 5 aromatic rings. The Labute approximate surface area is 270 Å². The zero-order valence-corrected chi connectivity index (χ0v) is 27.8. The second-order valence-corrected chi connectivity index (χ2v) is 14.5. The SMILES string of the molecule is CCCCc1nc2ccc(N(C)S(=O)(=O)c3ccc(Cl)cc3)cc2n1Cc1ccc(-c2ccccc2C(=O)OC(C)(C)C)cc1. The van der Waals surface area contributed by atoms with Crippen molar-refractivity contribution >= 4 is 44.3 Å². The van der Waals surface area contributed by atoms with Crippen LogP contribution in [0, 0.1) is 0 Å². The number of carbonyl (C=O) groups excluding carboxylic acids is 1. The molecule has 1 aromatic heterocycles. The van der Waals surface area contributed by atoms with E-state index in [1.54, 1.807) is 31.3 Å². The molecule has 0 amide bonds. The Morgan fingerprint density at radius 3 is 2.31 bits per heavy atom. The van der Waals surface area contributed by atoms with Crippen molar-refractivity contribution in [2.75, 3.05) is 11.4 Å². The Morgan fingerprint density at radius 1 is 0.956 bits per heavy atom. The van der Waals surface area contributed by atoms with Gasteiger partial charge in [-0.1, -0.05) is 67.4 Å².